The molecule has 2 rings (SSSR count). The van der Waals surface area contributed by atoms with E-state index < -0.39 is 0 Å². The summed E-state index contributed by atoms with van der Waals surface area (Å²) in [7, 11) is 0. The quantitative estimate of drug-likeness (QED) is 0.597. The van der Waals surface area contributed by atoms with Crippen molar-refractivity contribution in [1.29, 1.82) is 0 Å². The Morgan fingerprint density at radius 2 is 1.56 bits per heavy atom. The lowest BCUT2D eigenvalue weighted by Gasteiger charge is -2.10. The Bertz CT molecular complexity index is 727. The summed E-state index contributed by atoms with van der Waals surface area (Å²) in [6.45, 7) is 5.54. The molecule has 27 heavy (non-hydrogen) atoms. The number of anilines is 2. The molecule has 0 heterocycles. The number of carbonyl (C=O) groups is 2. The van der Waals surface area contributed by atoms with Gasteiger partial charge in [-0.1, -0.05) is 13.8 Å². The van der Waals surface area contributed by atoms with Crippen molar-refractivity contribution in [1.82, 2.24) is 5.32 Å². The van der Waals surface area contributed by atoms with Gasteiger partial charge in [0.05, 0.1) is 13.2 Å². The summed E-state index contributed by atoms with van der Waals surface area (Å²) < 4.78 is 5.53. The minimum Gasteiger partial charge on any atom is -0.494 e. The van der Waals surface area contributed by atoms with Crippen LogP contribution in [0.25, 0.3) is 0 Å². The number of amides is 2. The minimum absolute atomic E-state index is 0.109. The lowest BCUT2D eigenvalue weighted by atomic mass is 10.2. The van der Waals surface area contributed by atoms with Gasteiger partial charge in [-0.2, -0.15) is 0 Å². The molecule has 3 N–H and O–H groups in total. The number of carbonyl (C=O) groups excluding carboxylic acids is 2. The molecule has 0 spiro atoms. The molecule has 2 aromatic rings. The molecule has 0 radical (unpaired) electrons. The molecule has 0 fully saturated rings. The second-order valence-corrected chi connectivity index (χ2v) is 6.11. The highest BCUT2D eigenvalue weighted by atomic mass is 16.5. The maximum atomic E-state index is 12.1. The lowest BCUT2D eigenvalue weighted by molar-refractivity contribution is -0.114. The minimum atomic E-state index is -0.163. The van der Waals surface area contributed by atoms with Crippen LogP contribution in [0, 0.1) is 0 Å². The van der Waals surface area contributed by atoms with Crippen LogP contribution in [0.2, 0.25) is 0 Å². The van der Waals surface area contributed by atoms with Crippen LogP contribution in [-0.2, 0) is 4.79 Å². The van der Waals surface area contributed by atoms with Crippen molar-refractivity contribution in [2.45, 2.75) is 26.7 Å². The average molecular weight is 369 g/mol. The molecular formula is C21H27N3O3. The second kappa shape index (κ2) is 10.9. The van der Waals surface area contributed by atoms with Crippen LogP contribution in [0.5, 0.6) is 5.75 Å². The molecule has 0 unspecified atom stereocenters. The Morgan fingerprint density at radius 3 is 2.19 bits per heavy atom. The van der Waals surface area contributed by atoms with Gasteiger partial charge in [-0.25, -0.2) is 0 Å². The summed E-state index contributed by atoms with van der Waals surface area (Å²) in [5.41, 5.74) is 2.07. The fourth-order valence-corrected chi connectivity index (χ4v) is 2.32. The monoisotopic (exact) mass is 369 g/mol. The Kier molecular flexibility index (Phi) is 8.16. The summed E-state index contributed by atoms with van der Waals surface area (Å²) in [6, 6.07) is 14.3. The Balaban J connectivity index is 1.79. The summed E-state index contributed by atoms with van der Waals surface area (Å²) in [4.78, 5) is 23.9. The molecule has 6 nitrogen and oxygen atoms in total. The number of benzene rings is 2. The molecule has 0 atom stereocenters. The third-order valence-corrected chi connectivity index (χ3v) is 3.75. The van der Waals surface area contributed by atoms with Gasteiger partial charge in [-0.3, -0.25) is 9.59 Å². The van der Waals surface area contributed by atoms with Gasteiger partial charge in [-0.15, -0.1) is 0 Å². The Hall–Kier alpha value is -3.02. The normalized spacial score (nSPS) is 10.1. The largest absolute Gasteiger partial charge is 0.494 e. The topological polar surface area (TPSA) is 79.5 Å². The van der Waals surface area contributed by atoms with Gasteiger partial charge in [0.1, 0.15) is 5.75 Å². The van der Waals surface area contributed by atoms with Crippen LogP contribution in [0.1, 0.15) is 37.0 Å². The van der Waals surface area contributed by atoms with Crippen molar-refractivity contribution in [2.24, 2.45) is 0 Å². The van der Waals surface area contributed by atoms with E-state index in [2.05, 4.69) is 22.9 Å². The van der Waals surface area contributed by atoms with Gasteiger partial charge in [0.2, 0.25) is 5.91 Å². The van der Waals surface area contributed by atoms with Crippen molar-refractivity contribution in [2.75, 3.05) is 30.3 Å². The van der Waals surface area contributed by atoms with E-state index in [1.165, 1.54) is 0 Å². The van der Waals surface area contributed by atoms with Crippen molar-refractivity contribution in [3.63, 3.8) is 0 Å². The highest BCUT2D eigenvalue weighted by Gasteiger charge is 2.06. The second-order valence-electron chi connectivity index (χ2n) is 6.11. The zero-order chi connectivity index (χ0) is 19.5. The fraction of sp³-hybridized carbons (Fsp3) is 0.333. The fourth-order valence-electron chi connectivity index (χ4n) is 2.32. The highest BCUT2D eigenvalue weighted by molar-refractivity contribution is 5.96. The maximum Gasteiger partial charge on any atom is 0.251 e. The van der Waals surface area contributed by atoms with Crippen LogP contribution >= 0.6 is 0 Å². The summed E-state index contributed by atoms with van der Waals surface area (Å²) >= 11 is 0. The Morgan fingerprint density at radius 1 is 0.889 bits per heavy atom. The van der Waals surface area contributed by atoms with E-state index in [1.54, 1.807) is 24.3 Å². The predicted octanol–water partition coefficient (Wildman–Crippen LogP) is 3.67. The van der Waals surface area contributed by atoms with E-state index >= 15 is 0 Å². The number of rotatable bonds is 10. The molecule has 6 heteroatoms. The standard InChI is InChI=1S/C21H27N3O3/c1-3-13-22-21(26)16-5-7-18(8-6-16)24-20(25)15-23-17-9-11-19(12-10-17)27-14-4-2/h5-12,23H,3-4,13-15H2,1-2H3,(H,22,26)(H,24,25). The average Bonchev–Trinajstić information content (AvgIpc) is 2.70. The van der Waals surface area contributed by atoms with Gasteiger partial charge in [0.25, 0.3) is 5.91 Å². The Labute approximate surface area is 160 Å². The highest BCUT2D eigenvalue weighted by Crippen LogP contribution is 2.16. The molecule has 0 saturated heterocycles. The predicted molar refractivity (Wildman–Crippen MR) is 108 cm³/mol. The van der Waals surface area contributed by atoms with E-state index in [0.717, 1.165) is 24.3 Å². The zero-order valence-electron chi connectivity index (χ0n) is 15.9. The first-order valence-corrected chi connectivity index (χ1v) is 9.27. The van der Waals surface area contributed by atoms with Gasteiger partial charge in [0.15, 0.2) is 0 Å². The van der Waals surface area contributed by atoms with E-state index in [4.69, 9.17) is 4.74 Å². The molecule has 0 saturated carbocycles. The third-order valence-electron chi connectivity index (χ3n) is 3.75. The van der Waals surface area contributed by atoms with Crippen molar-refractivity contribution < 1.29 is 14.3 Å². The van der Waals surface area contributed by atoms with E-state index in [-0.39, 0.29) is 18.4 Å². The molecule has 0 aliphatic heterocycles. The van der Waals surface area contributed by atoms with E-state index in [0.29, 0.717) is 24.4 Å². The van der Waals surface area contributed by atoms with Gasteiger partial charge < -0.3 is 20.7 Å². The zero-order valence-corrected chi connectivity index (χ0v) is 15.9. The SMILES string of the molecule is CCCNC(=O)c1ccc(NC(=O)CNc2ccc(OCCC)cc2)cc1. The first-order chi connectivity index (χ1) is 13.1. The molecule has 2 aromatic carbocycles. The van der Waals surface area contributed by atoms with Crippen molar-refractivity contribution in [3.8, 4) is 5.75 Å². The van der Waals surface area contributed by atoms with E-state index in [9.17, 15) is 9.59 Å². The first kappa shape index (κ1) is 20.3. The molecule has 2 amide bonds. The summed E-state index contributed by atoms with van der Waals surface area (Å²) in [5.74, 6) is 0.544. The molecule has 0 bridgehead atoms. The maximum absolute atomic E-state index is 12.1. The van der Waals surface area contributed by atoms with Crippen LogP contribution in [0.3, 0.4) is 0 Å². The van der Waals surface area contributed by atoms with Crippen LogP contribution in [-0.4, -0.2) is 31.5 Å². The number of hydrogen-bond acceptors (Lipinski definition) is 4. The van der Waals surface area contributed by atoms with Crippen LogP contribution < -0.4 is 20.7 Å². The number of hydrogen-bond donors (Lipinski definition) is 3. The van der Waals surface area contributed by atoms with Gasteiger partial charge in [0, 0.05) is 23.5 Å². The van der Waals surface area contributed by atoms with E-state index in [1.807, 2.05) is 31.2 Å². The number of nitrogens with one attached hydrogen (secondary N) is 3. The smallest absolute Gasteiger partial charge is 0.251 e. The van der Waals surface area contributed by atoms with Gasteiger partial charge >= 0.3 is 0 Å². The molecule has 0 aromatic heterocycles. The van der Waals surface area contributed by atoms with Crippen LogP contribution in [0.15, 0.2) is 48.5 Å². The molecule has 0 aliphatic rings. The molecule has 144 valence electrons. The van der Waals surface area contributed by atoms with Crippen molar-refractivity contribution in [3.05, 3.63) is 54.1 Å². The summed E-state index contributed by atoms with van der Waals surface area (Å²) in [5, 5.41) is 8.69. The lowest BCUT2D eigenvalue weighted by Crippen LogP contribution is -2.24. The first-order valence-electron chi connectivity index (χ1n) is 9.27. The summed E-state index contributed by atoms with van der Waals surface area (Å²) in [6.07, 6.45) is 1.85. The molecular weight excluding hydrogens is 342 g/mol. The molecule has 0 aliphatic carbocycles. The third kappa shape index (κ3) is 7.01. The van der Waals surface area contributed by atoms with Crippen molar-refractivity contribution >= 4 is 23.2 Å². The number of ether oxygens (including phenoxy) is 1. The van der Waals surface area contributed by atoms with Gasteiger partial charge in [-0.05, 0) is 61.4 Å². The van der Waals surface area contributed by atoms with Crippen LogP contribution in [0.4, 0.5) is 11.4 Å².